The molecule has 7 heteroatoms. The summed E-state index contributed by atoms with van der Waals surface area (Å²) in [4.78, 5) is 27.7. The zero-order valence-electron chi connectivity index (χ0n) is 19.9. The van der Waals surface area contributed by atoms with Gasteiger partial charge >= 0.3 is 5.97 Å². The number of ether oxygens (including phenoxy) is 1. The molecule has 2 aliphatic rings. The second kappa shape index (κ2) is 10.2. The van der Waals surface area contributed by atoms with Gasteiger partial charge in [0.2, 0.25) is 5.91 Å². The lowest BCUT2D eigenvalue weighted by Gasteiger charge is -2.38. The highest BCUT2D eigenvalue weighted by Gasteiger charge is 2.46. The maximum atomic E-state index is 13.4. The number of carbonyl (C=O) groups excluding carboxylic acids is 2. The summed E-state index contributed by atoms with van der Waals surface area (Å²) in [6.45, 7) is 2.91. The Balaban J connectivity index is 1.15. The van der Waals surface area contributed by atoms with Gasteiger partial charge in [0.1, 0.15) is 17.2 Å². The van der Waals surface area contributed by atoms with Crippen LogP contribution in [0.2, 0.25) is 0 Å². The molecule has 0 unspecified atom stereocenters. The molecule has 0 saturated carbocycles. The van der Waals surface area contributed by atoms with Crippen LogP contribution in [0.25, 0.3) is 0 Å². The van der Waals surface area contributed by atoms with Crippen molar-refractivity contribution < 1.29 is 23.1 Å². The predicted molar refractivity (Wildman–Crippen MR) is 131 cm³/mol. The highest BCUT2D eigenvalue weighted by molar-refractivity contribution is 5.94. The Labute approximate surface area is 209 Å². The SMILES string of the molecule is O=C1OC2(CCN(CCCNC(=O)C(c3ccc(F)cc3)c3ccc(F)cc3)CC2)c2ccccc21. The van der Waals surface area contributed by atoms with E-state index in [0.717, 1.165) is 44.5 Å². The molecule has 2 aliphatic heterocycles. The van der Waals surface area contributed by atoms with E-state index in [-0.39, 0.29) is 23.5 Å². The topological polar surface area (TPSA) is 58.6 Å². The maximum Gasteiger partial charge on any atom is 0.339 e. The molecule has 5 nitrogen and oxygen atoms in total. The molecule has 1 saturated heterocycles. The largest absolute Gasteiger partial charge is 0.450 e. The molecule has 186 valence electrons. The Morgan fingerprint density at radius 1 is 0.917 bits per heavy atom. The molecule has 0 atom stereocenters. The van der Waals surface area contributed by atoms with Crippen molar-refractivity contribution in [2.75, 3.05) is 26.2 Å². The van der Waals surface area contributed by atoms with Crippen LogP contribution < -0.4 is 5.32 Å². The van der Waals surface area contributed by atoms with Gasteiger partial charge in [-0.15, -0.1) is 0 Å². The van der Waals surface area contributed by atoms with Crippen LogP contribution in [0.3, 0.4) is 0 Å². The van der Waals surface area contributed by atoms with Crippen molar-refractivity contribution in [1.29, 1.82) is 0 Å². The summed E-state index contributed by atoms with van der Waals surface area (Å²) in [7, 11) is 0. The summed E-state index contributed by atoms with van der Waals surface area (Å²) in [6, 6.07) is 19.2. The number of piperidine rings is 1. The van der Waals surface area contributed by atoms with E-state index in [1.54, 1.807) is 24.3 Å². The zero-order chi connectivity index (χ0) is 25.1. The third-order valence-electron chi connectivity index (χ3n) is 7.21. The molecule has 3 aromatic rings. The Morgan fingerprint density at radius 3 is 2.11 bits per heavy atom. The number of benzene rings is 3. The minimum Gasteiger partial charge on any atom is -0.450 e. The summed E-state index contributed by atoms with van der Waals surface area (Å²) in [5, 5.41) is 2.99. The minimum atomic E-state index is -0.654. The highest BCUT2D eigenvalue weighted by atomic mass is 19.1. The normalized spacial score (nSPS) is 16.7. The fourth-order valence-electron chi connectivity index (χ4n) is 5.28. The van der Waals surface area contributed by atoms with Crippen LogP contribution in [0, 0.1) is 11.6 Å². The first kappa shape index (κ1) is 24.1. The van der Waals surface area contributed by atoms with E-state index in [4.69, 9.17) is 4.74 Å². The number of carbonyl (C=O) groups is 2. The van der Waals surface area contributed by atoms with Crippen LogP contribution in [0.1, 0.15) is 52.2 Å². The zero-order valence-corrected chi connectivity index (χ0v) is 19.9. The number of nitrogens with zero attached hydrogens (tertiary/aromatic N) is 1. The number of hydrogen-bond donors (Lipinski definition) is 1. The monoisotopic (exact) mass is 490 g/mol. The highest BCUT2D eigenvalue weighted by Crippen LogP contribution is 2.43. The average molecular weight is 491 g/mol. The van der Waals surface area contributed by atoms with Crippen molar-refractivity contribution >= 4 is 11.9 Å². The molecule has 1 spiro atoms. The van der Waals surface area contributed by atoms with Gasteiger partial charge in [0.05, 0.1) is 11.5 Å². The van der Waals surface area contributed by atoms with Crippen LogP contribution in [0.5, 0.6) is 0 Å². The summed E-state index contributed by atoms with van der Waals surface area (Å²) < 4.78 is 32.7. The van der Waals surface area contributed by atoms with Gasteiger partial charge in [0.25, 0.3) is 0 Å². The number of nitrogens with one attached hydrogen (secondary N) is 1. The van der Waals surface area contributed by atoms with Crippen molar-refractivity contribution in [2.24, 2.45) is 0 Å². The van der Waals surface area contributed by atoms with Gasteiger partial charge in [-0.2, -0.15) is 0 Å². The van der Waals surface area contributed by atoms with Crippen LogP contribution in [0.4, 0.5) is 8.78 Å². The number of likely N-dealkylation sites (tertiary alicyclic amines) is 1. The Hall–Kier alpha value is -3.58. The van der Waals surface area contributed by atoms with Crippen molar-refractivity contribution in [3.8, 4) is 0 Å². The van der Waals surface area contributed by atoms with Gasteiger partial charge in [0, 0.05) is 38.0 Å². The van der Waals surface area contributed by atoms with Gasteiger partial charge in [-0.3, -0.25) is 4.79 Å². The van der Waals surface area contributed by atoms with Crippen molar-refractivity contribution in [3.63, 3.8) is 0 Å². The number of rotatable bonds is 7. The second-order valence-corrected chi connectivity index (χ2v) is 9.45. The first-order valence-corrected chi connectivity index (χ1v) is 12.3. The lowest BCUT2D eigenvalue weighted by atomic mass is 9.84. The first-order valence-electron chi connectivity index (χ1n) is 12.3. The second-order valence-electron chi connectivity index (χ2n) is 9.45. The lowest BCUT2D eigenvalue weighted by molar-refractivity contribution is -0.121. The minimum absolute atomic E-state index is 0.208. The van der Waals surface area contributed by atoms with Gasteiger partial charge in [-0.25, -0.2) is 13.6 Å². The Bertz CT molecular complexity index is 1190. The molecule has 1 fully saturated rings. The average Bonchev–Trinajstić information content (AvgIpc) is 3.16. The summed E-state index contributed by atoms with van der Waals surface area (Å²) >= 11 is 0. The third-order valence-corrected chi connectivity index (χ3v) is 7.21. The van der Waals surface area contributed by atoms with Crippen molar-refractivity contribution in [3.05, 3.63) is 107 Å². The van der Waals surface area contributed by atoms with E-state index in [1.807, 2.05) is 24.3 Å². The molecule has 36 heavy (non-hydrogen) atoms. The van der Waals surface area contributed by atoms with Gasteiger partial charge in [-0.1, -0.05) is 42.5 Å². The van der Waals surface area contributed by atoms with Gasteiger partial charge in [-0.05, 0) is 54.4 Å². The lowest BCUT2D eigenvalue weighted by Crippen LogP contribution is -2.43. The predicted octanol–water partition coefficient (Wildman–Crippen LogP) is 4.76. The van der Waals surface area contributed by atoms with E-state index in [1.165, 1.54) is 24.3 Å². The van der Waals surface area contributed by atoms with E-state index in [2.05, 4.69) is 10.2 Å². The standard InChI is InChI=1S/C29H28F2N2O3/c30-22-10-6-20(7-11-22)26(21-8-12-23(31)13-9-21)27(34)32-16-3-17-33-18-14-29(15-19-33)25-5-2-1-4-24(25)28(35)36-29/h1-2,4-13,26H,3,14-19H2,(H,32,34). The van der Waals surface area contributed by atoms with E-state index in [9.17, 15) is 18.4 Å². The fraction of sp³-hybridized carbons (Fsp3) is 0.310. The number of esters is 1. The fourth-order valence-corrected chi connectivity index (χ4v) is 5.28. The summed E-state index contributed by atoms with van der Waals surface area (Å²) in [6.07, 6.45) is 2.26. The number of halogens is 2. The van der Waals surface area contributed by atoms with E-state index < -0.39 is 11.5 Å². The maximum absolute atomic E-state index is 13.4. The molecule has 0 bridgehead atoms. The molecule has 1 N–H and O–H groups in total. The molecule has 0 aliphatic carbocycles. The number of amides is 1. The van der Waals surface area contributed by atoms with Crippen LogP contribution >= 0.6 is 0 Å². The summed E-state index contributed by atoms with van der Waals surface area (Å²) in [5.41, 5.74) is 2.44. The van der Waals surface area contributed by atoms with Crippen molar-refractivity contribution in [2.45, 2.75) is 30.8 Å². The quantitative estimate of drug-likeness (QED) is 0.383. The molecule has 0 aromatic heterocycles. The molecular formula is C29H28F2N2O3. The number of fused-ring (bicyclic) bond motifs is 2. The first-order chi connectivity index (χ1) is 17.4. The molecule has 1 amide bonds. The third kappa shape index (κ3) is 4.88. The molecule has 3 aromatic carbocycles. The van der Waals surface area contributed by atoms with E-state index >= 15 is 0 Å². The van der Waals surface area contributed by atoms with Crippen LogP contribution in [0.15, 0.2) is 72.8 Å². The molecular weight excluding hydrogens is 462 g/mol. The van der Waals surface area contributed by atoms with Crippen molar-refractivity contribution in [1.82, 2.24) is 10.2 Å². The van der Waals surface area contributed by atoms with Crippen LogP contribution in [-0.4, -0.2) is 43.0 Å². The smallest absolute Gasteiger partial charge is 0.339 e. The van der Waals surface area contributed by atoms with Gasteiger partial charge in [0.15, 0.2) is 0 Å². The van der Waals surface area contributed by atoms with Gasteiger partial charge < -0.3 is 15.0 Å². The molecule has 2 heterocycles. The molecule has 0 radical (unpaired) electrons. The number of hydrogen-bond acceptors (Lipinski definition) is 4. The van der Waals surface area contributed by atoms with E-state index in [0.29, 0.717) is 23.2 Å². The molecule has 5 rings (SSSR count). The summed E-state index contributed by atoms with van der Waals surface area (Å²) in [5.74, 6) is -1.86. The van der Waals surface area contributed by atoms with Crippen LogP contribution in [-0.2, 0) is 15.1 Å². The Kier molecular flexibility index (Phi) is 6.83. The Morgan fingerprint density at radius 2 is 1.50 bits per heavy atom.